The molecule has 1 saturated carbocycles. The second-order valence-corrected chi connectivity index (χ2v) is 4.19. The van der Waals surface area contributed by atoms with Gasteiger partial charge in [-0.2, -0.15) is 0 Å². The van der Waals surface area contributed by atoms with Gasteiger partial charge in [0.15, 0.2) is 0 Å². The van der Waals surface area contributed by atoms with Crippen LogP contribution in [0.15, 0.2) is 30.3 Å². The molecule has 1 aromatic rings. The largest absolute Gasteiger partial charge is 0.388 e. The third-order valence-electron chi connectivity index (χ3n) is 3.00. The highest BCUT2D eigenvalue weighted by Crippen LogP contribution is 2.41. The van der Waals surface area contributed by atoms with Crippen LogP contribution in [0.3, 0.4) is 0 Å². The second kappa shape index (κ2) is 3.51. The first-order valence-corrected chi connectivity index (χ1v) is 5.00. The van der Waals surface area contributed by atoms with Crippen molar-refractivity contribution in [2.45, 2.75) is 25.9 Å². The number of aliphatic hydroxyl groups excluding tert-OH is 1. The van der Waals surface area contributed by atoms with E-state index < -0.39 is 0 Å². The van der Waals surface area contributed by atoms with Crippen molar-refractivity contribution in [1.29, 1.82) is 0 Å². The molecule has 0 amide bonds. The zero-order valence-electron chi connectivity index (χ0n) is 7.98. The van der Waals surface area contributed by atoms with E-state index in [-0.39, 0.29) is 6.10 Å². The molecule has 1 aromatic carbocycles. The van der Waals surface area contributed by atoms with Crippen molar-refractivity contribution in [1.82, 2.24) is 0 Å². The molecule has 0 aromatic heterocycles. The van der Waals surface area contributed by atoms with Crippen LogP contribution in [-0.4, -0.2) is 5.11 Å². The van der Waals surface area contributed by atoms with Crippen LogP contribution >= 0.6 is 0 Å². The first-order chi connectivity index (χ1) is 6.27. The van der Waals surface area contributed by atoms with Gasteiger partial charge in [0.2, 0.25) is 0 Å². The van der Waals surface area contributed by atoms with Gasteiger partial charge in [0.05, 0.1) is 6.10 Å². The van der Waals surface area contributed by atoms with E-state index >= 15 is 0 Å². The van der Waals surface area contributed by atoms with Crippen LogP contribution in [-0.2, 0) is 0 Å². The predicted molar refractivity (Wildman–Crippen MR) is 53.3 cm³/mol. The minimum absolute atomic E-state index is 0.239. The lowest BCUT2D eigenvalue weighted by Gasteiger charge is -2.36. The smallest absolute Gasteiger partial charge is 0.0818 e. The van der Waals surface area contributed by atoms with Gasteiger partial charge in [-0.3, -0.25) is 0 Å². The molecule has 1 heteroatoms. The molecule has 1 fully saturated rings. The lowest BCUT2D eigenvalue weighted by molar-refractivity contribution is 0.0324. The Morgan fingerprint density at radius 3 is 2.38 bits per heavy atom. The molecule has 70 valence electrons. The van der Waals surface area contributed by atoms with E-state index in [9.17, 15) is 5.11 Å². The summed E-state index contributed by atoms with van der Waals surface area (Å²) in [4.78, 5) is 0. The predicted octanol–water partition coefficient (Wildman–Crippen LogP) is 2.77. The minimum atomic E-state index is -0.239. The fourth-order valence-electron chi connectivity index (χ4n) is 2.14. The summed E-state index contributed by atoms with van der Waals surface area (Å²) in [5.41, 5.74) is 1.07. The van der Waals surface area contributed by atoms with Crippen LogP contribution in [0.5, 0.6) is 0 Å². The quantitative estimate of drug-likeness (QED) is 0.734. The van der Waals surface area contributed by atoms with Crippen molar-refractivity contribution in [3.8, 4) is 0 Å². The van der Waals surface area contributed by atoms with Crippen LogP contribution in [0.25, 0.3) is 0 Å². The SMILES string of the molecule is CC1CC(C(O)c2ccccc2)C1. The van der Waals surface area contributed by atoms with Crippen molar-refractivity contribution < 1.29 is 5.11 Å². The number of hydrogen-bond donors (Lipinski definition) is 1. The fraction of sp³-hybridized carbons (Fsp3) is 0.500. The van der Waals surface area contributed by atoms with Gasteiger partial charge in [-0.1, -0.05) is 37.3 Å². The first kappa shape index (κ1) is 8.76. The summed E-state index contributed by atoms with van der Waals surface area (Å²) in [6.07, 6.45) is 2.11. The van der Waals surface area contributed by atoms with Gasteiger partial charge < -0.3 is 5.11 Å². The van der Waals surface area contributed by atoms with Crippen LogP contribution in [0.1, 0.15) is 31.4 Å². The third kappa shape index (κ3) is 1.75. The molecule has 0 heterocycles. The van der Waals surface area contributed by atoms with Gasteiger partial charge in [0.25, 0.3) is 0 Å². The molecule has 0 spiro atoms. The van der Waals surface area contributed by atoms with Gasteiger partial charge in [-0.25, -0.2) is 0 Å². The van der Waals surface area contributed by atoms with Gasteiger partial charge in [-0.05, 0) is 30.2 Å². The molecule has 2 rings (SSSR count). The summed E-state index contributed by atoms with van der Waals surface area (Å²) in [6, 6.07) is 9.97. The van der Waals surface area contributed by atoms with Crippen molar-refractivity contribution in [2.75, 3.05) is 0 Å². The van der Waals surface area contributed by atoms with Crippen molar-refractivity contribution >= 4 is 0 Å². The van der Waals surface area contributed by atoms with Gasteiger partial charge in [0.1, 0.15) is 0 Å². The Labute approximate surface area is 79.4 Å². The number of benzene rings is 1. The maximum atomic E-state index is 9.96. The van der Waals surface area contributed by atoms with Crippen LogP contribution in [0.2, 0.25) is 0 Å². The van der Waals surface area contributed by atoms with E-state index in [0.717, 1.165) is 11.5 Å². The van der Waals surface area contributed by atoms with Crippen molar-refractivity contribution in [3.05, 3.63) is 35.9 Å². The Hall–Kier alpha value is -0.820. The van der Waals surface area contributed by atoms with Crippen LogP contribution in [0, 0.1) is 11.8 Å². The maximum Gasteiger partial charge on any atom is 0.0818 e. The lowest BCUT2D eigenvalue weighted by Crippen LogP contribution is -2.26. The summed E-state index contributed by atoms with van der Waals surface area (Å²) in [6.45, 7) is 2.24. The zero-order chi connectivity index (χ0) is 9.26. The molecule has 1 nitrogen and oxygen atoms in total. The normalized spacial score (nSPS) is 29.4. The zero-order valence-corrected chi connectivity index (χ0v) is 7.98. The highest BCUT2D eigenvalue weighted by atomic mass is 16.3. The average molecular weight is 176 g/mol. The first-order valence-electron chi connectivity index (χ1n) is 5.00. The second-order valence-electron chi connectivity index (χ2n) is 4.19. The van der Waals surface area contributed by atoms with Gasteiger partial charge in [-0.15, -0.1) is 0 Å². The van der Waals surface area contributed by atoms with E-state index in [1.54, 1.807) is 0 Å². The van der Waals surface area contributed by atoms with E-state index in [1.165, 1.54) is 12.8 Å². The van der Waals surface area contributed by atoms with E-state index in [0.29, 0.717) is 5.92 Å². The van der Waals surface area contributed by atoms with Crippen molar-refractivity contribution in [2.24, 2.45) is 11.8 Å². The third-order valence-corrected chi connectivity index (χ3v) is 3.00. The molecule has 0 saturated heterocycles. The molecule has 1 aliphatic rings. The standard InChI is InChI=1S/C12H16O/c1-9-7-11(8-9)12(13)10-5-3-2-4-6-10/h2-6,9,11-13H,7-8H2,1H3. The molecule has 1 atom stereocenters. The highest BCUT2D eigenvalue weighted by Gasteiger charge is 2.31. The minimum Gasteiger partial charge on any atom is -0.388 e. The molecule has 1 aliphatic carbocycles. The monoisotopic (exact) mass is 176 g/mol. The maximum absolute atomic E-state index is 9.96. The molecule has 0 aliphatic heterocycles. The number of rotatable bonds is 2. The molecular weight excluding hydrogens is 160 g/mol. The molecular formula is C12H16O. The molecule has 0 bridgehead atoms. The topological polar surface area (TPSA) is 20.2 Å². The summed E-state index contributed by atoms with van der Waals surface area (Å²) in [5, 5.41) is 9.96. The summed E-state index contributed by atoms with van der Waals surface area (Å²) in [7, 11) is 0. The van der Waals surface area contributed by atoms with Crippen LogP contribution in [0.4, 0.5) is 0 Å². The van der Waals surface area contributed by atoms with E-state index in [2.05, 4.69) is 6.92 Å². The summed E-state index contributed by atoms with van der Waals surface area (Å²) < 4.78 is 0. The molecule has 1 unspecified atom stereocenters. The van der Waals surface area contributed by atoms with Gasteiger partial charge >= 0.3 is 0 Å². The Balaban J connectivity index is 2.02. The van der Waals surface area contributed by atoms with E-state index in [1.807, 2.05) is 30.3 Å². The number of aliphatic hydroxyl groups is 1. The highest BCUT2D eigenvalue weighted by molar-refractivity contribution is 5.18. The van der Waals surface area contributed by atoms with Gasteiger partial charge in [0, 0.05) is 0 Å². The van der Waals surface area contributed by atoms with Crippen molar-refractivity contribution in [3.63, 3.8) is 0 Å². The average Bonchev–Trinajstić information content (AvgIpc) is 2.13. The Kier molecular flexibility index (Phi) is 2.36. The molecule has 0 radical (unpaired) electrons. The van der Waals surface area contributed by atoms with Crippen LogP contribution < -0.4 is 0 Å². The molecule has 13 heavy (non-hydrogen) atoms. The fourth-order valence-corrected chi connectivity index (χ4v) is 2.14. The lowest BCUT2D eigenvalue weighted by atomic mass is 9.72. The summed E-state index contributed by atoms with van der Waals surface area (Å²) in [5.74, 6) is 1.31. The Bertz CT molecular complexity index is 262. The Morgan fingerprint density at radius 1 is 1.23 bits per heavy atom. The van der Waals surface area contributed by atoms with E-state index in [4.69, 9.17) is 0 Å². The Morgan fingerprint density at radius 2 is 1.85 bits per heavy atom. The summed E-state index contributed by atoms with van der Waals surface area (Å²) >= 11 is 0. The number of hydrogen-bond acceptors (Lipinski definition) is 1. The molecule has 1 N–H and O–H groups in total.